The highest BCUT2D eigenvalue weighted by Crippen LogP contribution is 2.30. The Kier molecular flexibility index (Phi) is 4.19. The van der Waals surface area contributed by atoms with Crippen LogP contribution < -0.4 is 0 Å². The number of thiophene rings is 1. The fourth-order valence-corrected chi connectivity index (χ4v) is 5.51. The van der Waals surface area contributed by atoms with Crippen molar-refractivity contribution in [2.45, 2.75) is 24.1 Å². The lowest BCUT2D eigenvalue weighted by atomic mass is 10.2. The molecule has 1 aliphatic rings. The second-order valence-electron chi connectivity index (χ2n) is 5.11. The Morgan fingerprint density at radius 3 is 2.60 bits per heavy atom. The SMILES string of the molecule is Cc1cc(S(=O)(=O)N2CCN(C)CC2C)sc1C(=O)O. The lowest BCUT2D eigenvalue weighted by Gasteiger charge is -2.36. The normalized spacial score (nSPS) is 22.1. The third-order valence-electron chi connectivity index (χ3n) is 3.42. The van der Waals surface area contributed by atoms with E-state index in [1.54, 1.807) is 6.92 Å². The van der Waals surface area contributed by atoms with Gasteiger partial charge in [0.15, 0.2) is 0 Å². The fraction of sp³-hybridized carbons (Fsp3) is 0.583. The van der Waals surface area contributed by atoms with Crippen LogP contribution in [0.15, 0.2) is 10.3 Å². The third kappa shape index (κ3) is 2.73. The Bertz CT molecular complexity index is 623. The van der Waals surface area contributed by atoms with Crippen molar-refractivity contribution in [3.05, 3.63) is 16.5 Å². The lowest BCUT2D eigenvalue weighted by Crippen LogP contribution is -2.52. The van der Waals surface area contributed by atoms with Crippen molar-refractivity contribution in [2.75, 3.05) is 26.7 Å². The standard InChI is InChI=1S/C12H18N2O4S2/c1-8-6-10(19-11(8)12(15)16)20(17,18)14-5-4-13(3)7-9(14)2/h6,9H,4-5,7H2,1-3H3,(H,15,16). The van der Waals surface area contributed by atoms with Crippen molar-refractivity contribution in [2.24, 2.45) is 0 Å². The largest absolute Gasteiger partial charge is 0.477 e. The van der Waals surface area contributed by atoms with E-state index in [0.717, 1.165) is 11.3 Å². The quantitative estimate of drug-likeness (QED) is 0.902. The van der Waals surface area contributed by atoms with Crippen LogP contribution in [-0.4, -0.2) is 61.4 Å². The smallest absolute Gasteiger partial charge is 0.346 e. The first-order valence-electron chi connectivity index (χ1n) is 6.27. The summed E-state index contributed by atoms with van der Waals surface area (Å²) in [7, 11) is -1.65. The molecule has 1 atom stereocenters. The number of aryl methyl sites for hydroxylation is 1. The second kappa shape index (κ2) is 5.44. The summed E-state index contributed by atoms with van der Waals surface area (Å²) in [5.41, 5.74) is 0.489. The monoisotopic (exact) mass is 318 g/mol. The summed E-state index contributed by atoms with van der Waals surface area (Å²) in [6.45, 7) is 5.27. The van der Waals surface area contributed by atoms with Crippen LogP contribution in [-0.2, 0) is 10.0 Å². The highest BCUT2D eigenvalue weighted by Gasteiger charge is 2.34. The average molecular weight is 318 g/mol. The van der Waals surface area contributed by atoms with Gasteiger partial charge in [0.25, 0.3) is 10.0 Å². The Morgan fingerprint density at radius 1 is 1.45 bits per heavy atom. The van der Waals surface area contributed by atoms with Gasteiger partial charge in [0.1, 0.15) is 9.09 Å². The number of hydrogen-bond acceptors (Lipinski definition) is 5. The topological polar surface area (TPSA) is 77.9 Å². The maximum atomic E-state index is 12.6. The minimum Gasteiger partial charge on any atom is -0.477 e. The predicted molar refractivity (Wildman–Crippen MR) is 76.9 cm³/mol. The van der Waals surface area contributed by atoms with Crippen molar-refractivity contribution in [1.29, 1.82) is 0 Å². The number of carboxylic acids is 1. The van der Waals surface area contributed by atoms with Gasteiger partial charge in [-0.3, -0.25) is 0 Å². The lowest BCUT2D eigenvalue weighted by molar-refractivity contribution is 0.0701. The number of sulfonamides is 1. The molecule has 2 heterocycles. The van der Waals surface area contributed by atoms with Crippen LogP contribution in [0.3, 0.4) is 0 Å². The molecule has 112 valence electrons. The molecular weight excluding hydrogens is 300 g/mol. The minimum atomic E-state index is -3.61. The first-order valence-corrected chi connectivity index (χ1v) is 8.53. The van der Waals surface area contributed by atoms with Crippen LogP contribution in [0.25, 0.3) is 0 Å². The minimum absolute atomic E-state index is 0.0883. The molecule has 1 aromatic rings. The molecule has 0 spiro atoms. The van der Waals surface area contributed by atoms with Gasteiger partial charge in [0.05, 0.1) is 0 Å². The molecule has 0 aliphatic carbocycles. The van der Waals surface area contributed by atoms with Gasteiger partial charge in [-0.2, -0.15) is 4.31 Å². The molecule has 1 unspecified atom stereocenters. The van der Waals surface area contributed by atoms with Gasteiger partial charge in [-0.1, -0.05) is 0 Å². The molecule has 1 N–H and O–H groups in total. The van der Waals surface area contributed by atoms with E-state index in [0.29, 0.717) is 25.2 Å². The number of carbonyl (C=O) groups is 1. The average Bonchev–Trinajstić information content (AvgIpc) is 2.71. The van der Waals surface area contributed by atoms with E-state index in [1.807, 2.05) is 14.0 Å². The first kappa shape index (κ1) is 15.4. The maximum absolute atomic E-state index is 12.6. The van der Waals surface area contributed by atoms with Crippen molar-refractivity contribution in [3.8, 4) is 0 Å². The number of piperazine rings is 1. The van der Waals surface area contributed by atoms with E-state index in [9.17, 15) is 13.2 Å². The molecule has 0 aromatic carbocycles. The van der Waals surface area contributed by atoms with E-state index < -0.39 is 16.0 Å². The van der Waals surface area contributed by atoms with Crippen LogP contribution in [0.2, 0.25) is 0 Å². The Labute approximate surface area is 122 Å². The Balaban J connectivity index is 2.35. The van der Waals surface area contributed by atoms with Gasteiger partial charge < -0.3 is 10.0 Å². The number of aromatic carboxylic acids is 1. The van der Waals surface area contributed by atoms with Crippen molar-refractivity contribution in [1.82, 2.24) is 9.21 Å². The van der Waals surface area contributed by atoms with Crippen LogP contribution in [0.1, 0.15) is 22.2 Å². The van der Waals surface area contributed by atoms with E-state index in [1.165, 1.54) is 10.4 Å². The van der Waals surface area contributed by atoms with Crippen molar-refractivity contribution < 1.29 is 18.3 Å². The molecule has 0 saturated carbocycles. The Morgan fingerprint density at radius 2 is 2.10 bits per heavy atom. The summed E-state index contributed by atoms with van der Waals surface area (Å²) in [6.07, 6.45) is 0. The van der Waals surface area contributed by atoms with Gasteiger partial charge in [-0.05, 0) is 32.5 Å². The van der Waals surface area contributed by atoms with Crippen LogP contribution in [0, 0.1) is 6.92 Å². The first-order chi connectivity index (χ1) is 9.23. The number of nitrogens with zero attached hydrogens (tertiary/aromatic N) is 2. The van der Waals surface area contributed by atoms with Crippen molar-refractivity contribution >= 4 is 27.3 Å². The highest BCUT2D eigenvalue weighted by molar-refractivity contribution is 7.91. The molecule has 20 heavy (non-hydrogen) atoms. The van der Waals surface area contributed by atoms with E-state index in [-0.39, 0.29) is 15.1 Å². The zero-order valence-corrected chi connectivity index (χ0v) is 13.3. The van der Waals surface area contributed by atoms with E-state index in [2.05, 4.69) is 4.90 Å². The maximum Gasteiger partial charge on any atom is 0.346 e. The molecule has 8 heteroatoms. The highest BCUT2D eigenvalue weighted by atomic mass is 32.2. The molecule has 0 bridgehead atoms. The summed E-state index contributed by atoms with van der Waals surface area (Å²) >= 11 is 0.828. The number of likely N-dealkylation sites (N-methyl/N-ethyl adjacent to an activating group) is 1. The van der Waals surface area contributed by atoms with Crippen LogP contribution in [0.4, 0.5) is 0 Å². The molecule has 0 amide bonds. The second-order valence-corrected chi connectivity index (χ2v) is 8.28. The van der Waals surface area contributed by atoms with Gasteiger partial charge in [0.2, 0.25) is 0 Å². The zero-order chi connectivity index (χ0) is 15.1. The predicted octanol–water partition coefficient (Wildman–Crippen LogP) is 1.08. The molecule has 0 radical (unpaired) electrons. The van der Waals surface area contributed by atoms with Crippen LogP contribution in [0.5, 0.6) is 0 Å². The fourth-order valence-electron chi connectivity index (χ4n) is 2.39. The molecule has 2 rings (SSSR count). The summed E-state index contributed by atoms with van der Waals surface area (Å²) in [5, 5.41) is 9.04. The number of carboxylic acid groups (broad SMARTS) is 1. The Hall–Kier alpha value is -0.960. The van der Waals surface area contributed by atoms with Gasteiger partial charge in [0, 0.05) is 25.7 Å². The van der Waals surface area contributed by atoms with Gasteiger partial charge >= 0.3 is 5.97 Å². The molecule has 1 saturated heterocycles. The summed E-state index contributed by atoms with van der Waals surface area (Å²) in [5.74, 6) is -1.08. The molecule has 1 fully saturated rings. The van der Waals surface area contributed by atoms with Gasteiger partial charge in [-0.25, -0.2) is 13.2 Å². The number of rotatable bonds is 3. The van der Waals surface area contributed by atoms with E-state index in [4.69, 9.17) is 5.11 Å². The van der Waals surface area contributed by atoms with E-state index >= 15 is 0 Å². The molecule has 1 aromatic heterocycles. The summed E-state index contributed by atoms with van der Waals surface area (Å²) < 4.78 is 26.8. The number of hydrogen-bond donors (Lipinski definition) is 1. The molecular formula is C12H18N2O4S2. The molecule has 6 nitrogen and oxygen atoms in total. The van der Waals surface area contributed by atoms with Gasteiger partial charge in [-0.15, -0.1) is 11.3 Å². The summed E-state index contributed by atoms with van der Waals surface area (Å²) in [6, 6.07) is 1.34. The summed E-state index contributed by atoms with van der Waals surface area (Å²) in [4.78, 5) is 13.2. The third-order valence-corrected chi connectivity index (χ3v) is 7.11. The molecule has 1 aliphatic heterocycles. The van der Waals surface area contributed by atoms with Crippen molar-refractivity contribution in [3.63, 3.8) is 0 Å². The van der Waals surface area contributed by atoms with Crippen LogP contribution >= 0.6 is 11.3 Å². The zero-order valence-electron chi connectivity index (χ0n) is 11.7.